The number of hydrogen-bond donors (Lipinski definition) is 2. The molecule has 0 radical (unpaired) electrons. The molecule has 0 heterocycles. The van der Waals surface area contributed by atoms with Gasteiger partial charge in [-0.1, -0.05) is 49.3 Å². The molecule has 0 spiro atoms. The van der Waals surface area contributed by atoms with Crippen molar-refractivity contribution in [1.29, 1.82) is 0 Å². The maximum absolute atomic E-state index is 9.50. The molecular weight excluding hydrogens is 216 g/mol. The number of nitrogens with one attached hydrogen (secondary N) is 1. The summed E-state index contributed by atoms with van der Waals surface area (Å²) in [6, 6.07) is 10.1. The molecule has 1 aromatic carbocycles. The second-order valence-corrected chi connectivity index (χ2v) is 4.14. The minimum Gasteiger partial charge on any atom is -0.391 e. The summed E-state index contributed by atoms with van der Waals surface area (Å²) in [5, 5.41) is 16.3. The highest BCUT2D eigenvalue weighted by Gasteiger charge is 2.00. The van der Waals surface area contributed by atoms with Gasteiger partial charge >= 0.3 is 0 Å². The number of rotatable bonds is 7. The van der Waals surface area contributed by atoms with E-state index in [1.165, 1.54) is 6.21 Å². The Labute approximate surface area is 102 Å². The van der Waals surface area contributed by atoms with Crippen LogP contribution in [0.15, 0.2) is 35.5 Å². The molecule has 0 fully saturated rings. The monoisotopic (exact) mass is 236 g/mol. The lowest BCUT2D eigenvalue weighted by Gasteiger charge is -2.09. The zero-order valence-electron chi connectivity index (χ0n) is 10.3. The van der Waals surface area contributed by atoms with Gasteiger partial charge in [0, 0.05) is 12.6 Å². The quantitative estimate of drug-likeness (QED) is 0.558. The summed E-state index contributed by atoms with van der Waals surface area (Å²) in [5.74, 6) is 0. The summed E-state index contributed by atoms with van der Waals surface area (Å²) in [4.78, 5) is 5.08. The molecule has 1 aromatic rings. The summed E-state index contributed by atoms with van der Waals surface area (Å²) in [6.07, 6.45) is 0.784. The van der Waals surface area contributed by atoms with Gasteiger partial charge in [-0.25, -0.2) is 0 Å². The Morgan fingerprint density at radius 2 is 2.06 bits per heavy atom. The molecule has 94 valence electrons. The number of aliphatic hydroxyl groups is 1. The second kappa shape index (κ2) is 7.81. The average molecular weight is 236 g/mol. The molecule has 4 heteroatoms. The Morgan fingerprint density at radius 1 is 1.35 bits per heavy atom. The predicted molar refractivity (Wildman–Crippen MR) is 68.9 cm³/mol. The van der Waals surface area contributed by atoms with Gasteiger partial charge in [0.1, 0.15) is 12.7 Å². The normalized spacial score (nSPS) is 13.2. The number of hydrogen-bond acceptors (Lipinski definition) is 4. The summed E-state index contributed by atoms with van der Waals surface area (Å²) < 4.78 is 0. The van der Waals surface area contributed by atoms with Crippen LogP contribution in [0.3, 0.4) is 0 Å². The van der Waals surface area contributed by atoms with Crippen LogP contribution in [0, 0.1) is 0 Å². The third kappa shape index (κ3) is 6.71. The molecule has 0 saturated carbocycles. The van der Waals surface area contributed by atoms with E-state index >= 15 is 0 Å². The third-order valence-electron chi connectivity index (χ3n) is 2.12. The first-order valence-corrected chi connectivity index (χ1v) is 5.79. The highest BCUT2D eigenvalue weighted by Crippen LogP contribution is 2.00. The lowest BCUT2D eigenvalue weighted by atomic mass is 10.2. The van der Waals surface area contributed by atoms with Gasteiger partial charge in [-0.15, -0.1) is 0 Å². The van der Waals surface area contributed by atoms with Crippen molar-refractivity contribution in [2.24, 2.45) is 5.16 Å². The molecule has 0 amide bonds. The molecule has 0 aliphatic carbocycles. The van der Waals surface area contributed by atoms with Gasteiger partial charge in [0.2, 0.25) is 0 Å². The molecule has 2 N–H and O–H groups in total. The average Bonchev–Trinajstić information content (AvgIpc) is 2.33. The van der Waals surface area contributed by atoms with Crippen LogP contribution in [-0.4, -0.2) is 30.0 Å². The molecule has 0 saturated heterocycles. The van der Waals surface area contributed by atoms with Gasteiger partial charge in [0.25, 0.3) is 0 Å². The van der Waals surface area contributed by atoms with Crippen molar-refractivity contribution in [1.82, 2.24) is 5.32 Å². The first-order chi connectivity index (χ1) is 8.18. The van der Waals surface area contributed by atoms with Crippen molar-refractivity contribution in [2.75, 3.05) is 6.54 Å². The molecule has 17 heavy (non-hydrogen) atoms. The van der Waals surface area contributed by atoms with Crippen LogP contribution in [0.2, 0.25) is 0 Å². The van der Waals surface area contributed by atoms with E-state index in [1.54, 1.807) is 0 Å². The fourth-order valence-electron chi connectivity index (χ4n) is 1.21. The standard InChI is InChI=1S/C13H20N2O2/c1-11(2)14-8-13(16)9-15-17-10-12-6-4-3-5-7-12/h3-7,9,11,13-14,16H,8,10H2,1-2H3/b15-9-. The van der Waals surface area contributed by atoms with Gasteiger partial charge < -0.3 is 15.3 Å². The van der Waals surface area contributed by atoms with Crippen molar-refractivity contribution in [2.45, 2.75) is 32.6 Å². The van der Waals surface area contributed by atoms with Crippen LogP contribution < -0.4 is 5.32 Å². The van der Waals surface area contributed by atoms with Crippen LogP contribution in [0.1, 0.15) is 19.4 Å². The number of oxime groups is 1. The minimum absolute atomic E-state index is 0.350. The molecule has 0 aliphatic heterocycles. The Hall–Kier alpha value is -1.39. The lowest BCUT2D eigenvalue weighted by Crippen LogP contribution is -2.32. The van der Waals surface area contributed by atoms with Gasteiger partial charge in [-0.3, -0.25) is 0 Å². The second-order valence-electron chi connectivity index (χ2n) is 4.14. The summed E-state index contributed by atoms with van der Waals surface area (Å²) in [5.41, 5.74) is 1.06. The highest BCUT2D eigenvalue weighted by molar-refractivity contribution is 5.62. The van der Waals surface area contributed by atoms with Crippen LogP contribution in [-0.2, 0) is 11.4 Å². The van der Waals surface area contributed by atoms with Gasteiger partial charge in [-0.05, 0) is 5.56 Å². The summed E-state index contributed by atoms with van der Waals surface area (Å²) >= 11 is 0. The minimum atomic E-state index is -0.617. The highest BCUT2D eigenvalue weighted by atomic mass is 16.6. The Bertz CT molecular complexity index is 325. The largest absolute Gasteiger partial charge is 0.391 e. The van der Waals surface area contributed by atoms with E-state index in [-0.39, 0.29) is 0 Å². The topological polar surface area (TPSA) is 53.8 Å². The van der Waals surface area contributed by atoms with E-state index < -0.39 is 6.10 Å². The van der Waals surface area contributed by atoms with E-state index in [4.69, 9.17) is 4.84 Å². The lowest BCUT2D eigenvalue weighted by molar-refractivity contribution is 0.127. The van der Waals surface area contributed by atoms with Crippen LogP contribution in [0.5, 0.6) is 0 Å². The van der Waals surface area contributed by atoms with E-state index in [1.807, 2.05) is 44.2 Å². The van der Waals surface area contributed by atoms with Crippen molar-refractivity contribution in [3.05, 3.63) is 35.9 Å². The zero-order valence-corrected chi connectivity index (χ0v) is 10.3. The third-order valence-corrected chi connectivity index (χ3v) is 2.12. The van der Waals surface area contributed by atoms with E-state index in [0.717, 1.165) is 5.56 Å². The van der Waals surface area contributed by atoms with Gasteiger partial charge in [-0.2, -0.15) is 0 Å². The maximum atomic E-state index is 9.50. The van der Waals surface area contributed by atoms with E-state index in [2.05, 4.69) is 10.5 Å². The molecule has 1 atom stereocenters. The summed E-state index contributed by atoms with van der Waals surface area (Å²) in [6.45, 7) is 4.95. The van der Waals surface area contributed by atoms with E-state index in [0.29, 0.717) is 19.2 Å². The Morgan fingerprint density at radius 3 is 2.71 bits per heavy atom. The smallest absolute Gasteiger partial charge is 0.142 e. The maximum Gasteiger partial charge on any atom is 0.142 e. The van der Waals surface area contributed by atoms with Crippen LogP contribution in [0.4, 0.5) is 0 Å². The SMILES string of the molecule is CC(C)NCC(O)/C=N\OCc1ccccc1. The molecule has 0 bridgehead atoms. The zero-order chi connectivity index (χ0) is 12.5. The Kier molecular flexibility index (Phi) is 6.29. The fraction of sp³-hybridized carbons (Fsp3) is 0.462. The van der Waals surface area contributed by atoms with Crippen LogP contribution >= 0.6 is 0 Å². The molecule has 4 nitrogen and oxygen atoms in total. The van der Waals surface area contributed by atoms with Gasteiger partial charge in [0.15, 0.2) is 0 Å². The number of nitrogens with zero attached hydrogens (tertiary/aromatic N) is 1. The Balaban J connectivity index is 2.17. The number of aliphatic hydroxyl groups excluding tert-OH is 1. The molecule has 0 aromatic heterocycles. The molecule has 1 rings (SSSR count). The summed E-state index contributed by atoms with van der Waals surface area (Å²) in [7, 11) is 0. The van der Waals surface area contributed by atoms with Crippen LogP contribution in [0.25, 0.3) is 0 Å². The van der Waals surface area contributed by atoms with Crippen molar-refractivity contribution in [3.63, 3.8) is 0 Å². The molecule has 0 aliphatic rings. The molecular formula is C13H20N2O2. The fourth-order valence-corrected chi connectivity index (χ4v) is 1.21. The first-order valence-electron chi connectivity index (χ1n) is 5.79. The van der Waals surface area contributed by atoms with Crippen molar-refractivity contribution < 1.29 is 9.94 Å². The molecule has 1 unspecified atom stereocenters. The predicted octanol–water partition coefficient (Wildman–Crippen LogP) is 1.55. The van der Waals surface area contributed by atoms with Crippen molar-refractivity contribution >= 4 is 6.21 Å². The van der Waals surface area contributed by atoms with E-state index in [9.17, 15) is 5.11 Å². The van der Waals surface area contributed by atoms with Gasteiger partial charge in [0.05, 0.1) is 6.21 Å². The first kappa shape index (κ1) is 13.7. The van der Waals surface area contributed by atoms with Crippen molar-refractivity contribution in [3.8, 4) is 0 Å². The number of benzene rings is 1.